The summed E-state index contributed by atoms with van der Waals surface area (Å²) < 4.78 is 24.5. The lowest BCUT2D eigenvalue weighted by Crippen LogP contribution is -2.19. The highest BCUT2D eigenvalue weighted by molar-refractivity contribution is 7.94. The molecule has 0 saturated heterocycles. The largest absolute Gasteiger partial charge is 0.396 e. The van der Waals surface area contributed by atoms with Crippen LogP contribution < -0.4 is 11.5 Å². The molecular weight excluding hydrogens is 272 g/mol. The fourth-order valence-corrected chi connectivity index (χ4v) is 3.04. The molecule has 0 saturated carbocycles. The predicted octanol–water partition coefficient (Wildman–Crippen LogP) is 1.85. The summed E-state index contributed by atoms with van der Waals surface area (Å²) in [6.07, 6.45) is 0. The predicted molar refractivity (Wildman–Crippen MR) is 80.8 cm³/mol. The van der Waals surface area contributed by atoms with Gasteiger partial charge < -0.3 is 11.5 Å². The van der Waals surface area contributed by atoms with Gasteiger partial charge in [-0.2, -0.15) is 0 Å². The Labute approximate surface area is 118 Å². The molecular formula is C15H16N2O2S. The normalized spacial score (nSPS) is 12.8. The molecule has 0 atom stereocenters. The van der Waals surface area contributed by atoms with Gasteiger partial charge in [0.15, 0.2) is 9.84 Å². The van der Waals surface area contributed by atoms with Crippen LogP contribution in [-0.4, -0.2) is 8.42 Å². The van der Waals surface area contributed by atoms with Gasteiger partial charge in [-0.05, 0) is 5.56 Å². The summed E-state index contributed by atoms with van der Waals surface area (Å²) in [6.45, 7) is 0. The van der Waals surface area contributed by atoms with Crippen LogP contribution in [0.3, 0.4) is 0 Å². The molecule has 4 N–H and O–H groups in total. The van der Waals surface area contributed by atoms with Crippen molar-refractivity contribution in [3.63, 3.8) is 0 Å². The van der Waals surface area contributed by atoms with E-state index in [9.17, 15) is 8.42 Å². The molecule has 0 aliphatic heterocycles. The molecule has 0 fully saturated rings. The molecule has 2 aromatic carbocycles. The number of nitrogens with two attached hydrogens (primary N) is 2. The van der Waals surface area contributed by atoms with Crippen molar-refractivity contribution in [2.24, 2.45) is 11.5 Å². The molecule has 4 nitrogen and oxygen atoms in total. The average Bonchev–Trinajstić information content (AvgIpc) is 2.47. The minimum Gasteiger partial charge on any atom is -0.396 e. The summed E-state index contributed by atoms with van der Waals surface area (Å²) in [7, 11) is -3.63. The van der Waals surface area contributed by atoms with Crippen molar-refractivity contribution < 1.29 is 8.42 Å². The summed E-state index contributed by atoms with van der Waals surface area (Å²) in [4.78, 5) is 0. The quantitative estimate of drug-likeness (QED) is 0.899. The molecule has 0 aromatic heterocycles. The lowest BCUT2D eigenvalue weighted by Gasteiger charge is -2.09. The average molecular weight is 288 g/mol. The molecule has 0 radical (unpaired) electrons. The Hall–Kier alpha value is -2.27. The number of hydrogen-bond acceptors (Lipinski definition) is 4. The number of hydrogen-bond donors (Lipinski definition) is 2. The smallest absolute Gasteiger partial charge is 0.199 e. The molecule has 20 heavy (non-hydrogen) atoms. The Morgan fingerprint density at radius 3 is 1.90 bits per heavy atom. The van der Waals surface area contributed by atoms with Crippen LogP contribution in [-0.2, 0) is 15.6 Å². The number of rotatable bonds is 4. The van der Waals surface area contributed by atoms with E-state index in [2.05, 4.69) is 0 Å². The van der Waals surface area contributed by atoms with Crippen molar-refractivity contribution in [2.45, 2.75) is 5.75 Å². The van der Waals surface area contributed by atoms with E-state index in [0.29, 0.717) is 11.1 Å². The van der Waals surface area contributed by atoms with Crippen LogP contribution in [0.1, 0.15) is 11.1 Å². The number of sulfone groups is 1. The van der Waals surface area contributed by atoms with Crippen LogP contribution in [0.15, 0.2) is 65.7 Å². The molecule has 0 spiro atoms. The van der Waals surface area contributed by atoms with Crippen molar-refractivity contribution >= 4 is 15.5 Å². The summed E-state index contributed by atoms with van der Waals surface area (Å²) in [5.74, 6) is -0.160. The minimum atomic E-state index is -3.63. The van der Waals surface area contributed by atoms with Gasteiger partial charge in [0.2, 0.25) is 0 Å². The van der Waals surface area contributed by atoms with E-state index in [1.807, 2.05) is 12.1 Å². The van der Waals surface area contributed by atoms with Crippen LogP contribution in [0, 0.1) is 0 Å². The number of benzene rings is 2. The van der Waals surface area contributed by atoms with Gasteiger partial charge in [-0.1, -0.05) is 60.7 Å². The Kier molecular flexibility index (Phi) is 4.10. The van der Waals surface area contributed by atoms with E-state index in [0.717, 1.165) is 0 Å². The third-order valence-corrected chi connectivity index (χ3v) is 4.49. The summed E-state index contributed by atoms with van der Waals surface area (Å²) >= 11 is 0. The first-order chi connectivity index (χ1) is 9.50. The molecule has 0 aliphatic rings. The van der Waals surface area contributed by atoms with Crippen molar-refractivity contribution in [1.29, 1.82) is 0 Å². The monoisotopic (exact) mass is 288 g/mol. The highest BCUT2D eigenvalue weighted by Gasteiger charge is 2.19. The van der Waals surface area contributed by atoms with Gasteiger partial charge in [0.05, 0.1) is 11.4 Å². The van der Waals surface area contributed by atoms with Crippen LogP contribution in [0.4, 0.5) is 0 Å². The zero-order valence-corrected chi connectivity index (χ0v) is 11.7. The molecule has 0 bridgehead atoms. The highest BCUT2D eigenvalue weighted by Crippen LogP contribution is 2.17. The van der Waals surface area contributed by atoms with Crippen LogP contribution in [0.25, 0.3) is 5.70 Å². The first-order valence-electron chi connectivity index (χ1n) is 6.08. The SMILES string of the molecule is NC(=C(N)S(=O)(=O)Cc1ccccc1)c1ccccc1. The van der Waals surface area contributed by atoms with Crippen LogP contribution in [0.5, 0.6) is 0 Å². The second-order valence-corrected chi connectivity index (χ2v) is 6.35. The van der Waals surface area contributed by atoms with E-state index in [1.165, 1.54) is 0 Å². The van der Waals surface area contributed by atoms with Crippen molar-refractivity contribution in [3.8, 4) is 0 Å². The lowest BCUT2D eigenvalue weighted by atomic mass is 10.2. The standard InChI is InChI=1S/C15H16N2O2S/c16-14(13-9-5-2-6-10-13)15(17)20(18,19)11-12-7-3-1-4-8-12/h1-10H,11,16-17H2. The molecule has 0 aliphatic carbocycles. The zero-order chi connectivity index (χ0) is 14.6. The second-order valence-electron chi connectivity index (χ2n) is 4.39. The van der Waals surface area contributed by atoms with Gasteiger partial charge >= 0.3 is 0 Å². The lowest BCUT2D eigenvalue weighted by molar-refractivity contribution is 0.601. The zero-order valence-electron chi connectivity index (χ0n) is 10.9. The Bertz CT molecular complexity index is 708. The van der Waals surface area contributed by atoms with E-state index in [1.54, 1.807) is 48.5 Å². The minimum absolute atomic E-state index is 0.0848. The van der Waals surface area contributed by atoms with Gasteiger partial charge in [0.1, 0.15) is 5.03 Å². The maximum Gasteiger partial charge on any atom is 0.199 e. The highest BCUT2D eigenvalue weighted by atomic mass is 32.2. The third-order valence-electron chi connectivity index (χ3n) is 2.88. The van der Waals surface area contributed by atoms with E-state index in [4.69, 9.17) is 11.5 Å². The molecule has 5 heteroatoms. The second kappa shape index (κ2) is 5.79. The van der Waals surface area contributed by atoms with Gasteiger partial charge in [-0.15, -0.1) is 0 Å². The van der Waals surface area contributed by atoms with Gasteiger partial charge in [-0.25, -0.2) is 8.42 Å². The first kappa shape index (κ1) is 14.1. The summed E-state index contributed by atoms with van der Waals surface area (Å²) in [5.41, 5.74) is 13.0. The van der Waals surface area contributed by atoms with Gasteiger partial charge in [-0.3, -0.25) is 0 Å². The fourth-order valence-electron chi connectivity index (χ4n) is 1.80. The first-order valence-corrected chi connectivity index (χ1v) is 7.73. The Balaban J connectivity index is 2.34. The van der Waals surface area contributed by atoms with Gasteiger partial charge in [0, 0.05) is 5.56 Å². The van der Waals surface area contributed by atoms with E-state index in [-0.39, 0.29) is 16.5 Å². The van der Waals surface area contributed by atoms with E-state index < -0.39 is 9.84 Å². The van der Waals surface area contributed by atoms with Gasteiger partial charge in [0.25, 0.3) is 0 Å². The van der Waals surface area contributed by atoms with E-state index >= 15 is 0 Å². The maximum absolute atomic E-state index is 12.3. The van der Waals surface area contributed by atoms with Crippen LogP contribution in [0.2, 0.25) is 0 Å². The Morgan fingerprint density at radius 1 is 0.850 bits per heavy atom. The van der Waals surface area contributed by atoms with Crippen molar-refractivity contribution in [2.75, 3.05) is 0 Å². The Morgan fingerprint density at radius 2 is 1.35 bits per heavy atom. The summed E-state index contributed by atoms with van der Waals surface area (Å²) in [5, 5.41) is -0.285. The molecule has 2 rings (SSSR count). The molecule has 104 valence electrons. The molecule has 0 amide bonds. The van der Waals surface area contributed by atoms with Crippen molar-refractivity contribution in [3.05, 3.63) is 76.8 Å². The van der Waals surface area contributed by atoms with Crippen molar-refractivity contribution in [1.82, 2.24) is 0 Å². The van der Waals surface area contributed by atoms with Crippen LogP contribution >= 0.6 is 0 Å². The topological polar surface area (TPSA) is 86.2 Å². The molecule has 0 heterocycles. The molecule has 0 unspecified atom stereocenters. The third kappa shape index (κ3) is 3.19. The summed E-state index contributed by atoms with van der Waals surface area (Å²) in [6, 6.07) is 17.7. The maximum atomic E-state index is 12.3. The fraction of sp³-hybridized carbons (Fsp3) is 0.0667. The molecule has 2 aromatic rings.